The van der Waals surface area contributed by atoms with Crippen LogP contribution in [0.25, 0.3) is 0 Å². The van der Waals surface area contributed by atoms with Crippen LogP contribution in [-0.4, -0.2) is 36.5 Å². The van der Waals surface area contributed by atoms with Crippen molar-refractivity contribution in [2.45, 2.75) is 116 Å². The Bertz CT molecular complexity index is 4490. The first-order valence-electron chi connectivity index (χ1n) is 40.7. The topological polar surface area (TPSA) is 269 Å². The first-order chi connectivity index (χ1) is 60.7. The lowest BCUT2D eigenvalue weighted by Gasteiger charge is -2.50. The zero-order valence-corrected chi connectivity index (χ0v) is 70.0. The third-order valence-electron chi connectivity index (χ3n) is 17.2. The Hall–Kier alpha value is -8.70. The van der Waals surface area contributed by atoms with E-state index in [0.717, 1.165) is 0 Å². The van der Waals surface area contributed by atoms with Gasteiger partial charge in [-0.25, -0.2) is 27.4 Å². The number of benzene rings is 12. The first-order valence-corrected chi connectivity index (χ1v) is 46.5. The van der Waals surface area contributed by atoms with E-state index >= 15 is 27.4 Å². The predicted octanol–water partition coefficient (Wildman–Crippen LogP) is 23.6. The molecule has 12 aromatic rings. The summed E-state index contributed by atoms with van der Waals surface area (Å²) in [5.41, 5.74) is 1.73. The second-order valence-electron chi connectivity index (χ2n) is 26.3. The molecular weight excluding hydrogens is 1650 g/mol. The predicted molar refractivity (Wildman–Crippen MR) is 450 cm³/mol. The molecular formula is C90H90O24P6. The van der Waals surface area contributed by atoms with Gasteiger partial charge in [-0.3, -0.25) is 81.4 Å². The smallest absolute Gasteiger partial charge is 0.282 e. The summed E-state index contributed by atoms with van der Waals surface area (Å²) in [6, 6.07) is 92.0. The van der Waals surface area contributed by atoms with Crippen LogP contribution in [0.1, 0.15) is 75.0 Å². The quantitative estimate of drug-likeness (QED) is 0.0321. The molecule has 24 nitrogen and oxygen atoms in total. The third-order valence-corrected chi connectivity index (χ3v) is 25.0. The van der Waals surface area contributed by atoms with Crippen LogP contribution in [0.15, 0.2) is 364 Å². The Morgan fingerprint density at radius 3 is 0.300 bits per heavy atom. The number of phosphoric acid groups is 6. The maximum atomic E-state index is 17.5. The monoisotopic (exact) mass is 1750 g/mol. The molecule has 0 saturated heterocycles. The van der Waals surface area contributed by atoms with Gasteiger partial charge in [0.25, 0.3) is 0 Å². The highest BCUT2D eigenvalue weighted by atomic mass is 31.2. The fraction of sp³-hybridized carbons (Fsp3) is 0.200. The van der Waals surface area contributed by atoms with Gasteiger partial charge in [0, 0.05) is 0 Å². The van der Waals surface area contributed by atoms with Gasteiger partial charge < -0.3 is 0 Å². The largest absolute Gasteiger partial charge is 0.475 e. The molecule has 1 aliphatic carbocycles. The van der Waals surface area contributed by atoms with Gasteiger partial charge in [-0.1, -0.05) is 364 Å². The van der Waals surface area contributed by atoms with Crippen LogP contribution in [0.2, 0.25) is 0 Å². The zero-order chi connectivity index (χ0) is 88.6. The average Bonchev–Trinajstić information content (AvgIpc) is 0.637. The van der Waals surface area contributed by atoms with Gasteiger partial charge in [-0.15, -0.1) is 0 Å². The molecule has 0 heterocycles. The lowest BCUT2D eigenvalue weighted by atomic mass is 9.85. The lowest BCUT2D eigenvalue weighted by molar-refractivity contribution is -0.209. The molecule has 0 aromatic heterocycles. The van der Waals surface area contributed by atoms with Crippen molar-refractivity contribution in [3.05, 3.63) is 431 Å². The molecule has 120 heavy (non-hydrogen) atoms. The van der Waals surface area contributed by atoms with Crippen molar-refractivity contribution in [1.82, 2.24) is 0 Å². The summed E-state index contributed by atoms with van der Waals surface area (Å²) in [5, 5.41) is 0. The Labute approximate surface area is 706 Å². The summed E-state index contributed by atoms with van der Waals surface area (Å²) < 4.78 is 294. The van der Waals surface area contributed by atoms with E-state index in [1.165, 1.54) is 146 Å². The highest BCUT2D eigenvalue weighted by Crippen LogP contribution is 2.67. The fourth-order valence-corrected chi connectivity index (χ4v) is 18.2. The number of phosphoric ester groups is 6. The van der Waals surface area contributed by atoms with Gasteiger partial charge in [-0.05, 0) is 66.8 Å². The minimum Gasteiger partial charge on any atom is -0.282 e. The van der Waals surface area contributed by atoms with Crippen molar-refractivity contribution in [3.63, 3.8) is 0 Å². The van der Waals surface area contributed by atoms with Gasteiger partial charge in [0.1, 0.15) is 36.5 Å². The van der Waals surface area contributed by atoms with Crippen LogP contribution in [-0.2, 0) is 188 Å². The van der Waals surface area contributed by atoms with Crippen molar-refractivity contribution in [1.29, 1.82) is 0 Å². The maximum Gasteiger partial charge on any atom is 0.475 e. The van der Waals surface area contributed by atoms with Gasteiger partial charge in [0.15, 0.2) is 0 Å². The summed E-state index contributed by atoms with van der Waals surface area (Å²) in [5.74, 6) is 0. The van der Waals surface area contributed by atoms with E-state index in [9.17, 15) is 8.22 Å². The molecule has 12 aromatic carbocycles. The molecule has 0 aliphatic heterocycles. The molecule has 0 amide bonds. The minimum atomic E-state index is -6.50. The molecule has 0 bridgehead atoms. The molecule has 1 fully saturated rings. The average molecular weight is 1750 g/mol. The Morgan fingerprint density at radius 1 is 0.150 bits per heavy atom. The fourth-order valence-electron chi connectivity index (χ4n) is 11.1. The van der Waals surface area contributed by atoms with Crippen molar-refractivity contribution >= 4 is 46.9 Å². The van der Waals surface area contributed by atoms with Crippen molar-refractivity contribution in [2.24, 2.45) is 0 Å². The Morgan fingerprint density at radius 2 is 0.225 bits per heavy atom. The van der Waals surface area contributed by atoms with Crippen molar-refractivity contribution in [3.8, 4) is 0 Å². The third kappa shape index (κ3) is 28.2. The summed E-state index contributed by atoms with van der Waals surface area (Å²) >= 11 is 0. The number of hydrogen-bond donors (Lipinski definition) is 0. The lowest BCUT2D eigenvalue weighted by Crippen LogP contribution is -2.66. The normalized spacial score (nSPS) is 21.1. The Balaban J connectivity index is 1.20. The summed E-state index contributed by atoms with van der Waals surface area (Å²) in [7, 11) is -39.0. The molecule has 0 unspecified atom stereocenters. The van der Waals surface area contributed by atoms with E-state index in [2.05, 4.69) is 0 Å². The van der Waals surface area contributed by atoms with Crippen LogP contribution in [0, 0.1) is 0 Å². The van der Waals surface area contributed by atoms with Crippen LogP contribution in [0.4, 0.5) is 0 Å². The molecule has 0 radical (unpaired) electrons. The molecule has 0 N–H and O–H groups in total. The van der Waals surface area contributed by atoms with Crippen molar-refractivity contribution in [2.75, 3.05) is 0 Å². The van der Waals surface area contributed by atoms with Crippen LogP contribution in [0.3, 0.4) is 0 Å². The molecule has 1 saturated carbocycles. The van der Waals surface area contributed by atoms with Gasteiger partial charge in [-0.2, -0.15) is 0 Å². The van der Waals surface area contributed by atoms with Crippen molar-refractivity contribution < 1.29 is 117 Å². The minimum absolute atomic E-state index is 0.145. The zero-order valence-electron chi connectivity index (χ0n) is 70.6. The van der Waals surface area contributed by atoms with Gasteiger partial charge in [0.05, 0.1) is 87.5 Å². The molecule has 30 heteroatoms. The van der Waals surface area contributed by atoms with Crippen LogP contribution < -0.4 is 0 Å². The number of rotatable bonds is 48. The van der Waals surface area contributed by atoms with E-state index in [-0.39, 0.29) is 66.8 Å². The molecule has 1 aliphatic rings. The second-order valence-corrected chi connectivity index (χ2v) is 35.9. The first kappa shape index (κ1) is 81.0. The molecule has 0 spiro atoms. The van der Waals surface area contributed by atoms with Gasteiger partial charge in [0.2, 0.25) is 0 Å². The van der Waals surface area contributed by atoms with E-state index < -0.39 is 163 Å². The molecule has 13 rings (SSSR count). The summed E-state index contributed by atoms with van der Waals surface area (Å²) in [4.78, 5) is 0. The highest BCUT2D eigenvalue weighted by Gasteiger charge is 2.65. The summed E-state index contributed by atoms with van der Waals surface area (Å²) in [6.07, 6.45) is -32.3. The van der Waals surface area contributed by atoms with Crippen LogP contribution in [0.5, 0.6) is 0 Å². The highest BCUT2D eigenvalue weighted by molar-refractivity contribution is 7.50. The van der Waals surface area contributed by atoms with Crippen LogP contribution >= 0.6 is 46.9 Å². The van der Waals surface area contributed by atoms with E-state index in [0.29, 0.717) is 0 Å². The SMILES string of the molecule is [2H]C1(OP(=O)(OCc2ccccc2)OCc2ccccc2)C([2H])(OP(=O)(OCc2ccccc2)OCc2ccccc2)C([2H])(OP(=O)(OCc2ccccc2)OCc2ccccc2)C([2H])(OP(=O)(OCc2ccccc2)OCc2ccccc2)C([2H])(OP(=O)(OCc2ccccc2)OCc2ccccc2)C1([2H])OP(=O)(OCc1ccccc1)OCc1ccccc1. The standard InChI is InChI=1S/C90H90O24P6/c91-115(97-61-73-37-13-1-14-38-73,98-62-74-39-15-2-16-40-74)109-85-86(110-116(92,99-63-75-41-17-3-18-42-75)100-64-76-43-19-4-20-44-76)88(112-118(94,103-67-79-49-25-7-26-50-79)104-68-80-51-27-8-28-52-80)90(114-120(96,107-71-83-57-33-11-34-58-83)108-72-84-59-35-12-36-60-84)89(113-119(95,105-69-81-53-29-9-30-54-81)106-70-82-55-31-10-32-56-82)87(85)111-117(93,101-65-77-45-21-5-22-46-77)102-66-78-47-23-6-24-48-78/h1-60,85-90H,61-72H2/i85D,86D,87D,88D,89D,90D. The Kier molecular flexibility index (Phi) is 30.3. The number of hydrogen-bond acceptors (Lipinski definition) is 24. The van der Waals surface area contributed by atoms with E-state index in [1.54, 1.807) is 218 Å². The van der Waals surface area contributed by atoms with E-state index in [1.807, 2.05) is 0 Å². The second kappa shape index (κ2) is 44.9. The summed E-state index contributed by atoms with van der Waals surface area (Å²) in [6.45, 7) is -11.2. The van der Waals surface area contributed by atoms with E-state index in [4.69, 9.17) is 81.4 Å². The van der Waals surface area contributed by atoms with Gasteiger partial charge >= 0.3 is 46.9 Å². The maximum absolute atomic E-state index is 17.5. The molecule has 624 valence electrons. The molecule has 0 atom stereocenters.